The first kappa shape index (κ1) is 21.6. The molecule has 0 aliphatic heterocycles. The van der Waals surface area contributed by atoms with E-state index in [9.17, 15) is 52.7 Å². The average Bonchev–Trinajstić information content (AvgIpc) is 2.33. The predicted molar refractivity (Wildman–Crippen MR) is 56.6 cm³/mol. The minimum Gasteiger partial charge on any atom is -0.337 e. The Morgan fingerprint density at radius 1 is 0.913 bits per heavy atom. The lowest BCUT2D eigenvalue weighted by Gasteiger charge is -2.32. The third-order valence-electron chi connectivity index (χ3n) is 2.22. The highest BCUT2D eigenvalue weighted by Crippen LogP contribution is 2.54. The molecular formula is C8H9F9N2O3S. The molecule has 0 unspecified atom stereocenters. The van der Waals surface area contributed by atoms with Crippen LogP contribution in [0.3, 0.4) is 0 Å². The van der Waals surface area contributed by atoms with Gasteiger partial charge in [-0.2, -0.15) is 47.9 Å². The molecule has 0 radical (unpaired) electrons. The van der Waals surface area contributed by atoms with Gasteiger partial charge in [0.25, 0.3) is 0 Å². The van der Waals surface area contributed by atoms with Gasteiger partial charge in [0, 0.05) is 6.54 Å². The van der Waals surface area contributed by atoms with Crippen LogP contribution in [-0.2, 0) is 10.0 Å². The second kappa shape index (κ2) is 6.24. The minimum absolute atomic E-state index is 0.145. The van der Waals surface area contributed by atoms with Gasteiger partial charge >= 0.3 is 39.3 Å². The molecule has 0 heterocycles. The molecule has 0 saturated carbocycles. The molecule has 0 aliphatic rings. The van der Waals surface area contributed by atoms with E-state index in [1.165, 1.54) is 6.92 Å². The Balaban J connectivity index is 5.73. The number of rotatable bonds is 6. The predicted octanol–water partition coefficient (Wildman–Crippen LogP) is 2.45. The molecule has 0 aromatic carbocycles. The second-order valence-electron chi connectivity index (χ2n) is 4.02. The van der Waals surface area contributed by atoms with Crippen molar-refractivity contribution in [2.75, 3.05) is 6.54 Å². The molecule has 0 rings (SSSR count). The molecule has 0 fully saturated rings. The number of alkyl halides is 9. The number of amides is 2. The summed E-state index contributed by atoms with van der Waals surface area (Å²) >= 11 is 0. The van der Waals surface area contributed by atoms with Crippen molar-refractivity contribution >= 4 is 16.1 Å². The highest BCUT2D eigenvalue weighted by Gasteiger charge is 2.85. The molecule has 0 atom stereocenters. The van der Waals surface area contributed by atoms with E-state index in [0.29, 0.717) is 0 Å². The van der Waals surface area contributed by atoms with Crippen LogP contribution < -0.4 is 10.0 Å². The summed E-state index contributed by atoms with van der Waals surface area (Å²) in [4.78, 5) is 10.8. The Kier molecular flexibility index (Phi) is 5.86. The number of urea groups is 1. The molecular weight excluding hydrogens is 375 g/mol. The van der Waals surface area contributed by atoms with Crippen molar-refractivity contribution in [3.8, 4) is 0 Å². The molecule has 0 aromatic rings. The molecule has 0 saturated heterocycles. The van der Waals surface area contributed by atoms with E-state index in [-0.39, 0.29) is 17.7 Å². The molecule has 138 valence electrons. The third kappa shape index (κ3) is 3.74. The molecule has 5 nitrogen and oxygen atoms in total. The topological polar surface area (TPSA) is 75.3 Å². The van der Waals surface area contributed by atoms with Crippen LogP contribution in [0.5, 0.6) is 0 Å². The Hall–Kier alpha value is -1.41. The summed E-state index contributed by atoms with van der Waals surface area (Å²) in [5.74, 6) is -14.8. The van der Waals surface area contributed by atoms with E-state index in [4.69, 9.17) is 0 Å². The smallest absolute Gasteiger partial charge is 0.337 e. The van der Waals surface area contributed by atoms with Crippen molar-refractivity contribution < 1.29 is 52.7 Å². The van der Waals surface area contributed by atoms with Crippen LogP contribution >= 0.6 is 0 Å². The van der Waals surface area contributed by atoms with Crippen molar-refractivity contribution in [3.05, 3.63) is 0 Å². The average molecular weight is 384 g/mol. The maximum atomic E-state index is 13.1. The fourth-order valence-electron chi connectivity index (χ4n) is 0.990. The summed E-state index contributed by atoms with van der Waals surface area (Å²) in [7, 11) is -6.92. The maximum Gasteiger partial charge on any atom is 0.460 e. The monoisotopic (exact) mass is 384 g/mol. The van der Waals surface area contributed by atoms with Crippen LogP contribution in [0.4, 0.5) is 44.3 Å². The normalized spacial score (nSPS) is 14.5. The molecule has 15 heteroatoms. The quantitative estimate of drug-likeness (QED) is 0.691. The van der Waals surface area contributed by atoms with Crippen LogP contribution in [0.25, 0.3) is 0 Å². The van der Waals surface area contributed by atoms with E-state index < -0.39 is 39.3 Å². The van der Waals surface area contributed by atoms with Crippen LogP contribution in [0.2, 0.25) is 0 Å². The second-order valence-corrected chi connectivity index (χ2v) is 5.75. The highest BCUT2D eigenvalue weighted by atomic mass is 32.2. The van der Waals surface area contributed by atoms with Crippen LogP contribution in [0.1, 0.15) is 13.3 Å². The van der Waals surface area contributed by atoms with Gasteiger partial charge in [0.2, 0.25) is 0 Å². The van der Waals surface area contributed by atoms with Gasteiger partial charge in [-0.25, -0.2) is 9.52 Å². The van der Waals surface area contributed by atoms with E-state index in [2.05, 4.69) is 0 Å². The van der Waals surface area contributed by atoms with E-state index in [1.807, 2.05) is 0 Å². The van der Waals surface area contributed by atoms with Crippen LogP contribution in [0.15, 0.2) is 0 Å². The van der Waals surface area contributed by atoms with Crippen LogP contribution in [0, 0.1) is 0 Å². The number of hydrogen-bond acceptors (Lipinski definition) is 3. The van der Waals surface area contributed by atoms with Gasteiger partial charge in [-0.05, 0) is 6.42 Å². The highest BCUT2D eigenvalue weighted by molar-refractivity contribution is 7.91. The van der Waals surface area contributed by atoms with Crippen molar-refractivity contribution in [3.63, 3.8) is 0 Å². The van der Waals surface area contributed by atoms with Gasteiger partial charge in [0.1, 0.15) is 0 Å². The Bertz CT molecular complexity index is 543. The fourth-order valence-corrected chi connectivity index (χ4v) is 1.90. The molecule has 0 aromatic heterocycles. The Morgan fingerprint density at radius 3 is 1.70 bits per heavy atom. The number of halogens is 9. The number of hydrogen-bond donors (Lipinski definition) is 2. The number of sulfonamides is 1. The van der Waals surface area contributed by atoms with Gasteiger partial charge in [-0.15, -0.1) is 0 Å². The summed E-state index contributed by atoms with van der Waals surface area (Å²) in [6.45, 7) is 1.10. The molecule has 0 aliphatic carbocycles. The first-order valence-corrected chi connectivity index (χ1v) is 6.94. The largest absolute Gasteiger partial charge is 0.460 e. The first-order chi connectivity index (χ1) is 9.95. The van der Waals surface area contributed by atoms with Gasteiger partial charge in [-0.3, -0.25) is 0 Å². The number of nitrogens with one attached hydrogen (secondary N) is 2. The molecule has 23 heavy (non-hydrogen) atoms. The molecule has 0 spiro atoms. The summed E-state index contributed by atoms with van der Waals surface area (Å²) in [5, 5.41) is -5.38. The number of carbonyl (C=O) groups is 1. The van der Waals surface area contributed by atoms with E-state index in [1.54, 1.807) is 5.32 Å². The van der Waals surface area contributed by atoms with Gasteiger partial charge < -0.3 is 5.32 Å². The van der Waals surface area contributed by atoms with E-state index >= 15 is 0 Å². The van der Waals surface area contributed by atoms with Gasteiger partial charge in [-0.1, -0.05) is 6.92 Å². The van der Waals surface area contributed by atoms with Crippen molar-refractivity contribution in [2.24, 2.45) is 0 Å². The summed E-state index contributed by atoms with van der Waals surface area (Å²) < 4.78 is 135. The molecule has 2 N–H and O–H groups in total. The molecule has 2 amide bonds. The Labute approximate surface area is 123 Å². The fraction of sp³-hybridized carbons (Fsp3) is 0.875. The summed E-state index contributed by atoms with van der Waals surface area (Å²) in [5.41, 5.74) is 0. The van der Waals surface area contributed by atoms with Crippen molar-refractivity contribution in [2.45, 2.75) is 36.6 Å². The summed E-state index contributed by atoms with van der Waals surface area (Å²) in [6, 6.07) is -2.00. The van der Waals surface area contributed by atoms with Crippen LogP contribution in [-0.4, -0.2) is 44.3 Å². The zero-order valence-electron chi connectivity index (χ0n) is 10.9. The van der Waals surface area contributed by atoms with Gasteiger partial charge in [0.15, 0.2) is 0 Å². The maximum absolute atomic E-state index is 13.1. The standard InChI is InChI=1S/C8H9F9N2O3S/c1-2-3-18-4(20)19-23(21,22)8(16,17)6(11,12)5(9,10)7(13,14)15/h2-3H2,1H3,(H2,18,19,20). The van der Waals surface area contributed by atoms with Crippen molar-refractivity contribution in [1.29, 1.82) is 0 Å². The lowest BCUT2D eigenvalue weighted by Crippen LogP contribution is -2.65. The first-order valence-electron chi connectivity index (χ1n) is 5.46. The minimum atomic E-state index is -7.38. The van der Waals surface area contributed by atoms with Crippen molar-refractivity contribution in [1.82, 2.24) is 10.0 Å². The Morgan fingerprint density at radius 2 is 1.35 bits per heavy atom. The summed E-state index contributed by atoms with van der Waals surface area (Å²) in [6.07, 6.45) is -7.02. The SMILES string of the molecule is CCCNC(=O)NS(=O)(=O)C(F)(F)C(F)(F)C(F)(F)C(F)(F)F. The lowest BCUT2D eigenvalue weighted by atomic mass is 10.1. The van der Waals surface area contributed by atoms with E-state index in [0.717, 1.165) is 0 Å². The number of carbonyl (C=O) groups excluding carboxylic acids is 1. The lowest BCUT2D eigenvalue weighted by molar-refractivity contribution is -0.382. The van der Waals surface area contributed by atoms with Gasteiger partial charge in [0.05, 0.1) is 0 Å². The third-order valence-corrected chi connectivity index (χ3v) is 3.60. The zero-order valence-corrected chi connectivity index (χ0v) is 11.8. The zero-order chi connectivity index (χ0) is 18.9. The molecule has 0 bridgehead atoms.